The van der Waals surface area contributed by atoms with Crippen LogP contribution in [0.5, 0.6) is 0 Å². The van der Waals surface area contributed by atoms with Crippen LogP contribution in [0, 0.1) is 13.8 Å². The van der Waals surface area contributed by atoms with Crippen molar-refractivity contribution >= 4 is 11.8 Å². The zero-order chi connectivity index (χ0) is 13.7. The molecule has 0 radical (unpaired) electrons. The summed E-state index contributed by atoms with van der Waals surface area (Å²) < 4.78 is 0. The molecule has 0 saturated carbocycles. The molecule has 1 atom stereocenters. The van der Waals surface area contributed by atoms with E-state index in [1.165, 1.54) is 16.0 Å². The van der Waals surface area contributed by atoms with Crippen LogP contribution in [0.25, 0.3) is 0 Å². The Bertz CT molecular complexity index is 525. The lowest BCUT2D eigenvalue weighted by Crippen LogP contribution is -2.30. The molecule has 0 aliphatic rings. The molecule has 4 heteroatoms. The highest BCUT2D eigenvalue weighted by atomic mass is 32.2. The number of aryl methyl sites for hydroxylation is 2. The smallest absolute Gasteiger partial charge is 0.0571 e. The summed E-state index contributed by atoms with van der Waals surface area (Å²) in [5.41, 5.74) is 6.53. The Morgan fingerprint density at radius 2 is 1.95 bits per heavy atom. The molecule has 1 aromatic heterocycles. The molecule has 0 aliphatic heterocycles. The van der Waals surface area contributed by atoms with E-state index in [0.29, 0.717) is 0 Å². The lowest BCUT2D eigenvalue weighted by molar-refractivity contribution is 0.605. The van der Waals surface area contributed by atoms with Gasteiger partial charge in [-0.3, -0.25) is 16.3 Å². The second-order valence-corrected chi connectivity index (χ2v) is 5.67. The fourth-order valence-corrected chi connectivity index (χ4v) is 2.85. The Balaban J connectivity index is 2.04. The Labute approximate surface area is 118 Å². The van der Waals surface area contributed by atoms with Gasteiger partial charge in [0.2, 0.25) is 0 Å². The first kappa shape index (κ1) is 14.1. The largest absolute Gasteiger partial charge is 0.271 e. The molecule has 3 nitrogen and oxygen atoms in total. The summed E-state index contributed by atoms with van der Waals surface area (Å²) in [6.45, 7) is 4.18. The van der Waals surface area contributed by atoms with Gasteiger partial charge in [-0.15, -0.1) is 11.8 Å². The van der Waals surface area contributed by atoms with Gasteiger partial charge in [-0.1, -0.05) is 17.7 Å². The van der Waals surface area contributed by atoms with Crippen LogP contribution >= 0.6 is 11.8 Å². The molecule has 19 heavy (non-hydrogen) atoms. The predicted molar refractivity (Wildman–Crippen MR) is 80.9 cm³/mol. The summed E-state index contributed by atoms with van der Waals surface area (Å²) in [4.78, 5) is 5.43. The molecular formula is C15H19N3S. The molecule has 1 unspecified atom stereocenters. The third kappa shape index (κ3) is 3.80. The van der Waals surface area contributed by atoms with Crippen molar-refractivity contribution in [3.63, 3.8) is 0 Å². The van der Waals surface area contributed by atoms with Crippen LogP contribution < -0.4 is 11.3 Å². The van der Waals surface area contributed by atoms with E-state index in [1.54, 1.807) is 18.0 Å². The van der Waals surface area contributed by atoms with Gasteiger partial charge in [0.15, 0.2) is 0 Å². The number of aromatic nitrogens is 1. The zero-order valence-corrected chi connectivity index (χ0v) is 12.1. The lowest BCUT2D eigenvalue weighted by atomic mass is 10.1. The van der Waals surface area contributed by atoms with E-state index in [9.17, 15) is 0 Å². The first-order valence-electron chi connectivity index (χ1n) is 6.27. The van der Waals surface area contributed by atoms with Crippen LogP contribution in [-0.4, -0.2) is 10.7 Å². The third-order valence-corrected chi connectivity index (χ3v) is 4.20. The van der Waals surface area contributed by atoms with Crippen molar-refractivity contribution in [1.29, 1.82) is 0 Å². The molecule has 0 fully saturated rings. The van der Waals surface area contributed by atoms with E-state index >= 15 is 0 Å². The van der Waals surface area contributed by atoms with E-state index in [0.717, 1.165) is 11.3 Å². The van der Waals surface area contributed by atoms with Crippen molar-refractivity contribution in [3.8, 4) is 0 Å². The Kier molecular flexibility index (Phi) is 4.96. The summed E-state index contributed by atoms with van der Waals surface area (Å²) >= 11 is 1.80. The van der Waals surface area contributed by atoms with E-state index < -0.39 is 0 Å². The molecule has 1 heterocycles. The highest BCUT2D eigenvalue weighted by Crippen LogP contribution is 2.25. The zero-order valence-electron chi connectivity index (χ0n) is 11.3. The van der Waals surface area contributed by atoms with Gasteiger partial charge in [-0.2, -0.15) is 0 Å². The highest BCUT2D eigenvalue weighted by Gasteiger charge is 2.12. The predicted octanol–water partition coefficient (Wildman–Crippen LogP) is 3.00. The minimum absolute atomic E-state index is 0.111. The second-order valence-electron chi connectivity index (χ2n) is 4.58. The standard InChI is InChI=1S/C15H19N3S/c1-11-3-5-13(6-4-11)19-10-15(18-16)14-9-17-8-7-12(14)2/h3-9,15,18H,10,16H2,1-2H3. The van der Waals surface area contributed by atoms with Gasteiger partial charge in [0.25, 0.3) is 0 Å². The van der Waals surface area contributed by atoms with Crippen LogP contribution in [0.3, 0.4) is 0 Å². The van der Waals surface area contributed by atoms with Crippen molar-refractivity contribution in [2.75, 3.05) is 5.75 Å². The summed E-state index contributed by atoms with van der Waals surface area (Å²) in [7, 11) is 0. The number of hydrazine groups is 1. The average Bonchev–Trinajstić information content (AvgIpc) is 2.43. The Hall–Kier alpha value is -1.36. The molecular weight excluding hydrogens is 254 g/mol. The minimum atomic E-state index is 0.111. The normalized spacial score (nSPS) is 12.4. The number of rotatable bonds is 5. The van der Waals surface area contributed by atoms with Crippen LogP contribution in [0.2, 0.25) is 0 Å². The summed E-state index contributed by atoms with van der Waals surface area (Å²) in [5.74, 6) is 6.55. The maximum absolute atomic E-state index is 5.67. The summed E-state index contributed by atoms with van der Waals surface area (Å²) in [6.07, 6.45) is 3.69. The van der Waals surface area contributed by atoms with Gasteiger partial charge in [-0.05, 0) is 43.2 Å². The van der Waals surface area contributed by atoms with Gasteiger partial charge in [0.1, 0.15) is 0 Å². The molecule has 0 spiro atoms. The number of pyridine rings is 1. The quantitative estimate of drug-likeness (QED) is 0.499. The number of benzene rings is 1. The van der Waals surface area contributed by atoms with E-state index in [4.69, 9.17) is 5.84 Å². The minimum Gasteiger partial charge on any atom is -0.271 e. The molecule has 3 N–H and O–H groups in total. The lowest BCUT2D eigenvalue weighted by Gasteiger charge is -2.17. The Morgan fingerprint density at radius 3 is 2.58 bits per heavy atom. The van der Waals surface area contributed by atoms with Gasteiger partial charge < -0.3 is 0 Å². The van der Waals surface area contributed by atoms with E-state index in [2.05, 4.69) is 48.5 Å². The first-order chi connectivity index (χ1) is 9.20. The van der Waals surface area contributed by atoms with E-state index in [-0.39, 0.29) is 6.04 Å². The molecule has 2 rings (SSSR count). The maximum Gasteiger partial charge on any atom is 0.0571 e. The van der Waals surface area contributed by atoms with Crippen molar-refractivity contribution in [2.24, 2.45) is 5.84 Å². The van der Waals surface area contributed by atoms with Crippen molar-refractivity contribution in [1.82, 2.24) is 10.4 Å². The van der Waals surface area contributed by atoms with Crippen LogP contribution in [0.1, 0.15) is 22.7 Å². The van der Waals surface area contributed by atoms with Crippen molar-refractivity contribution in [2.45, 2.75) is 24.8 Å². The van der Waals surface area contributed by atoms with Gasteiger partial charge in [0.05, 0.1) is 6.04 Å². The molecule has 0 amide bonds. The summed E-state index contributed by atoms with van der Waals surface area (Å²) in [6, 6.07) is 10.7. The summed E-state index contributed by atoms with van der Waals surface area (Å²) in [5, 5.41) is 0. The van der Waals surface area contributed by atoms with Crippen LogP contribution in [0.4, 0.5) is 0 Å². The maximum atomic E-state index is 5.67. The SMILES string of the molecule is Cc1ccc(SCC(NN)c2cnccc2C)cc1. The molecule has 100 valence electrons. The second kappa shape index (κ2) is 6.70. The number of thioether (sulfide) groups is 1. The molecule has 0 saturated heterocycles. The van der Waals surface area contributed by atoms with Crippen LogP contribution in [-0.2, 0) is 0 Å². The number of hydrogen-bond donors (Lipinski definition) is 2. The molecule has 0 aliphatic carbocycles. The number of nitrogens with two attached hydrogens (primary N) is 1. The molecule has 2 aromatic rings. The first-order valence-corrected chi connectivity index (χ1v) is 7.25. The van der Waals surface area contributed by atoms with Crippen LogP contribution in [0.15, 0.2) is 47.6 Å². The number of hydrogen-bond acceptors (Lipinski definition) is 4. The van der Waals surface area contributed by atoms with Crippen molar-refractivity contribution in [3.05, 3.63) is 59.4 Å². The number of nitrogens with zero attached hydrogens (tertiary/aromatic N) is 1. The highest BCUT2D eigenvalue weighted by molar-refractivity contribution is 7.99. The number of nitrogens with one attached hydrogen (secondary N) is 1. The van der Waals surface area contributed by atoms with Gasteiger partial charge >= 0.3 is 0 Å². The fourth-order valence-electron chi connectivity index (χ4n) is 1.88. The molecule has 1 aromatic carbocycles. The Morgan fingerprint density at radius 1 is 1.21 bits per heavy atom. The third-order valence-electron chi connectivity index (χ3n) is 3.09. The van der Waals surface area contributed by atoms with Crippen molar-refractivity contribution < 1.29 is 0 Å². The molecule has 0 bridgehead atoms. The average molecular weight is 273 g/mol. The van der Waals surface area contributed by atoms with Gasteiger partial charge in [0, 0.05) is 23.0 Å². The topological polar surface area (TPSA) is 50.9 Å². The van der Waals surface area contributed by atoms with E-state index in [1.807, 2.05) is 12.3 Å². The fraction of sp³-hybridized carbons (Fsp3) is 0.267. The van der Waals surface area contributed by atoms with Gasteiger partial charge in [-0.25, -0.2) is 0 Å². The monoisotopic (exact) mass is 273 g/mol.